The van der Waals surface area contributed by atoms with Gasteiger partial charge in [-0.3, -0.25) is 0 Å². The van der Waals surface area contributed by atoms with Crippen LogP contribution in [0.25, 0.3) is 5.57 Å². The molecule has 1 heteroatoms. The number of ketones is 1. The maximum absolute atomic E-state index is 12.4. The molecule has 1 atom stereocenters. The Morgan fingerprint density at radius 3 is 1.54 bits per heavy atom. The van der Waals surface area contributed by atoms with Gasteiger partial charge in [0.25, 0.3) is 0 Å². The zero-order chi connectivity index (χ0) is 25.3. The van der Waals surface area contributed by atoms with Gasteiger partial charge in [-0.05, 0) is 71.8 Å². The van der Waals surface area contributed by atoms with E-state index in [0.717, 1.165) is 12.8 Å². The highest BCUT2D eigenvalue weighted by Gasteiger charge is 2.68. The van der Waals surface area contributed by atoms with Gasteiger partial charge in [-0.25, -0.2) is 0 Å². The van der Waals surface area contributed by atoms with Gasteiger partial charge in [0, 0.05) is 11.8 Å². The minimum Gasteiger partial charge on any atom is -0.300 e. The first-order valence-electron chi connectivity index (χ1n) is 13.6. The summed E-state index contributed by atoms with van der Waals surface area (Å²) in [6.07, 6.45) is 4.97. The molecule has 184 valence electrons. The van der Waals surface area contributed by atoms with Crippen molar-refractivity contribution >= 4 is 11.4 Å². The highest BCUT2D eigenvalue weighted by Crippen LogP contribution is 2.75. The quantitative estimate of drug-likeness (QED) is 0.233. The smallest absolute Gasteiger partial charge is 0.129 e. The molecule has 0 saturated heterocycles. The van der Waals surface area contributed by atoms with Crippen molar-refractivity contribution in [2.24, 2.45) is 11.3 Å². The van der Waals surface area contributed by atoms with Crippen LogP contribution in [0.2, 0.25) is 0 Å². The summed E-state index contributed by atoms with van der Waals surface area (Å²) in [5.41, 5.74) is 8.22. The largest absolute Gasteiger partial charge is 0.300 e. The van der Waals surface area contributed by atoms with E-state index in [4.69, 9.17) is 0 Å². The fourth-order valence-corrected chi connectivity index (χ4v) is 7.01. The number of rotatable bonds is 9. The normalized spacial score (nSPS) is 17.8. The molecule has 2 fully saturated rings. The number of carbonyl (C=O) groups excluding carboxylic acids is 1. The molecule has 0 N–H and O–H groups in total. The molecule has 6 rings (SSSR count). The minimum absolute atomic E-state index is 0.120. The van der Waals surface area contributed by atoms with Crippen molar-refractivity contribution in [1.29, 1.82) is 0 Å². The Morgan fingerprint density at radius 1 is 0.703 bits per heavy atom. The predicted molar refractivity (Wildman–Crippen MR) is 152 cm³/mol. The third-order valence-corrected chi connectivity index (χ3v) is 8.82. The van der Waals surface area contributed by atoms with Crippen molar-refractivity contribution in [2.45, 2.75) is 44.4 Å². The molecule has 0 radical (unpaired) electrons. The van der Waals surface area contributed by atoms with Gasteiger partial charge in [-0.2, -0.15) is 0 Å². The van der Waals surface area contributed by atoms with Crippen LogP contribution in [0.5, 0.6) is 0 Å². The third kappa shape index (κ3) is 4.17. The van der Waals surface area contributed by atoms with Gasteiger partial charge < -0.3 is 4.79 Å². The van der Waals surface area contributed by atoms with Crippen molar-refractivity contribution in [3.05, 3.63) is 149 Å². The van der Waals surface area contributed by atoms with E-state index in [1.54, 1.807) is 12.5 Å². The molecule has 0 aromatic heterocycles. The zero-order valence-electron chi connectivity index (χ0n) is 21.6. The summed E-state index contributed by atoms with van der Waals surface area (Å²) in [7, 11) is 0. The number of carbonyl (C=O) groups is 1. The van der Waals surface area contributed by atoms with Crippen molar-refractivity contribution in [1.82, 2.24) is 0 Å². The van der Waals surface area contributed by atoms with Crippen molar-refractivity contribution in [3.8, 4) is 0 Å². The summed E-state index contributed by atoms with van der Waals surface area (Å²) in [5, 5.41) is 0. The Labute approximate surface area is 220 Å². The van der Waals surface area contributed by atoms with E-state index in [1.807, 2.05) is 0 Å². The van der Waals surface area contributed by atoms with Crippen LogP contribution in [-0.2, 0) is 10.2 Å². The van der Waals surface area contributed by atoms with E-state index in [-0.39, 0.29) is 16.6 Å². The average molecular weight is 483 g/mol. The van der Waals surface area contributed by atoms with Crippen LogP contribution in [-0.4, -0.2) is 5.78 Å². The molecule has 2 aliphatic carbocycles. The molecule has 0 aliphatic heterocycles. The number of hydrogen-bond donors (Lipinski definition) is 0. The average Bonchev–Trinajstić information content (AvgIpc) is 3.88. The van der Waals surface area contributed by atoms with Crippen LogP contribution in [0, 0.1) is 11.3 Å². The van der Waals surface area contributed by atoms with Gasteiger partial charge in [0.2, 0.25) is 0 Å². The molecule has 0 spiro atoms. The highest BCUT2D eigenvalue weighted by atomic mass is 16.1. The number of benzene rings is 4. The van der Waals surface area contributed by atoms with Crippen molar-refractivity contribution < 1.29 is 4.79 Å². The van der Waals surface area contributed by atoms with Gasteiger partial charge in [0.05, 0.1) is 0 Å². The van der Waals surface area contributed by atoms with E-state index in [1.165, 1.54) is 40.7 Å². The molecule has 4 aromatic rings. The standard InChI is InChI=1S/C36H34O/c1-27(37)22-23-36(30-18-10-4-11-19-30,31-20-12-5-13-21-31)35(24-25-35)33-26-32(33)34(28-14-6-2-7-15-28)29-16-8-3-9-17-29/h2-21,33H,22-26H2,1H3. The van der Waals surface area contributed by atoms with Crippen LogP contribution < -0.4 is 0 Å². The Bertz CT molecular complexity index is 1320. The van der Waals surface area contributed by atoms with Gasteiger partial charge in [-0.1, -0.05) is 127 Å². The maximum atomic E-state index is 12.4. The second-order valence-corrected chi connectivity index (χ2v) is 10.9. The minimum atomic E-state index is -0.188. The van der Waals surface area contributed by atoms with E-state index in [0.29, 0.717) is 12.3 Å². The molecule has 0 heterocycles. The maximum Gasteiger partial charge on any atom is 0.129 e. The molecule has 2 saturated carbocycles. The molecule has 1 nitrogen and oxygen atoms in total. The highest BCUT2D eigenvalue weighted by molar-refractivity contribution is 5.85. The van der Waals surface area contributed by atoms with Gasteiger partial charge in [0.15, 0.2) is 0 Å². The summed E-state index contributed by atoms with van der Waals surface area (Å²) in [5.74, 6) is 0.781. The summed E-state index contributed by atoms with van der Waals surface area (Å²) < 4.78 is 0. The van der Waals surface area contributed by atoms with E-state index >= 15 is 0 Å². The molecular formula is C36H34O. The van der Waals surface area contributed by atoms with Crippen molar-refractivity contribution in [2.75, 3.05) is 0 Å². The SMILES string of the molecule is CC(=O)CCC(c1ccccc1)(c1ccccc1)C1(C2CC2=C(c2ccccc2)c2ccccc2)CC1. The number of hydrogen-bond acceptors (Lipinski definition) is 1. The summed E-state index contributed by atoms with van der Waals surface area (Å²) in [4.78, 5) is 12.4. The Kier molecular flexibility index (Phi) is 6.16. The summed E-state index contributed by atoms with van der Waals surface area (Å²) in [6, 6.07) is 43.9. The monoisotopic (exact) mass is 482 g/mol. The van der Waals surface area contributed by atoms with E-state index in [2.05, 4.69) is 121 Å². The van der Waals surface area contributed by atoms with Gasteiger partial charge in [-0.15, -0.1) is 0 Å². The first-order valence-corrected chi connectivity index (χ1v) is 13.6. The molecular weight excluding hydrogens is 448 g/mol. The molecule has 2 aliphatic rings. The van der Waals surface area contributed by atoms with Crippen LogP contribution >= 0.6 is 0 Å². The summed E-state index contributed by atoms with van der Waals surface area (Å²) in [6.45, 7) is 1.74. The van der Waals surface area contributed by atoms with Crippen LogP contribution in [0.3, 0.4) is 0 Å². The Morgan fingerprint density at radius 2 is 1.14 bits per heavy atom. The first kappa shape index (κ1) is 23.7. The van der Waals surface area contributed by atoms with Crippen LogP contribution in [0.1, 0.15) is 61.3 Å². The molecule has 0 amide bonds. The van der Waals surface area contributed by atoms with Crippen molar-refractivity contribution in [3.63, 3.8) is 0 Å². The molecule has 4 aromatic carbocycles. The second kappa shape index (κ2) is 9.63. The van der Waals surface area contributed by atoms with Crippen LogP contribution in [0.15, 0.2) is 127 Å². The molecule has 1 unspecified atom stereocenters. The fourth-order valence-electron chi connectivity index (χ4n) is 7.01. The first-order chi connectivity index (χ1) is 18.2. The van der Waals surface area contributed by atoms with E-state index in [9.17, 15) is 4.79 Å². The number of Topliss-reactive ketones (excluding diaryl/α,β-unsaturated/α-hetero) is 1. The predicted octanol–water partition coefficient (Wildman–Crippen LogP) is 8.64. The lowest BCUT2D eigenvalue weighted by Gasteiger charge is -2.43. The third-order valence-electron chi connectivity index (χ3n) is 8.82. The Balaban J connectivity index is 1.54. The second-order valence-electron chi connectivity index (χ2n) is 10.9. The topological polar surface area (TPSA) is 17.1 Å². The number of allylic oxidation sites excluding steroid dienone is 1. The van der Waals surface area contributed by atoms with Crippen LogP contribution in [0.4, 0.5) is 0 Å². The lowest BCUT2D eigenvalue weighted by Crippen LogP contribution is -2.40. The van der Waals surface area contributed by atoms with Gasteiger partial charge >= 0.3 is 0 Å². The van der Waals surface area contributed by atoms with E-state index < -0.39 is 0 Å². The molecule has 0 bridgehead atoms. The lowest BCUT2D eigenvalue weighted by atomic mass is 9.59. The lowest BCUT2D eigenvalue weighted by molar-refractivity contribution is -0.117. The van der Waals surface area contributed by atoms with Gasteiger partial charge in [0.1, 0.15) is 5.78 Å². The Hall–Kier alpha value is -3.71. The zero-order valence-corrected chi connectivity index (χ0v) is 21.6. The fraction of sp³-hybridized carbons (Fsp3) is 0.250. The molecule has 37 heavy (non-hydrogen) atoms. The summed E-state index contributed by atoms with van der Waals surface area (Å²) >= 11 is 0.